The first-order valence-electron chi connectivity index (χ1n) is 7.00. The normalized spacial score (nSPS) is 37.5. The first-order chi connectivity index (χ1) is 7.92. The van der Waals surface area contributed by atoms with Crippen LogP contribution in [0.5, 0.6) is 0 Å². The van der Waals surface area contributed by atoms with Crippen molar-refractivity contribution in [2.45, 2.75) is 43.4 Å². The summed E-state index contributed by atoms with van der Waals surface area (Å²) in [7, 11) is 0. The summed E-state index contributed by atoms with van der Waals surface area (Å²) in [5.74, 6) is 1.41. The van der Waals surface area contributed by atoms with Crippen molar-refractivity contribution in [3.05, 3.63) is 0 Å². The Bertz CT molecular complexity index is 228. The predicted molar refractivity (Wildman–Crippen MR) is 71.1 cm³/mol. The first kappa shape index (κ1) is 11.4. The van der Waals surface area contributed by atoms with Gasteiger partial charge >= 0.3 is 0 Å². The van der Waals surface area contributed by atoms with Crippen LogP contribution < -0.4 is 0 Å². The van der Waals surface area contributed by atoms with Gasteiger partial charge in [-0.1, -0.05) is 0 Å². The summed E-state index contributed by atoms with van der Waals surface area (Å²) < 4.78 is 0. The van der Waals surface area contributed by atoms with Crippen LogP contribution in [0.1, 0.15) is 32.1 Å². The second kappa shape index (κ2) is 5.28. The lowest BCUT2D eigenvalue weighted by Gasteiger charge is -2.27. The van der Waals surface area contributed by atoms with E-state index in [1.165, 1.54) is 70.6 Å². The Hall–Kier alpha value is 0.270. The maximum Gasteiger partial charge on any atom is 0.0223 e. The Labute approximate surface area is 104 Å². The highest BCUT2D eigenvalue weighted by Gasteiger charge is 2.29. The van der Waals surface area contributed by atoms with Crippen LogP contribution in [0.2, 0.25) is 0 Å². The van der Waals surface area contributed by atoms with Crippen LogP contribution >= 0.6 is 11.8 Å². The van der Waals surface area contributed by atoms with E-state index >= 15 is 0 Å². The van der Waals surface area contributed by atoms with Crippen LogP contribution in [-0.4, -0.2) is 59.6 Å². The molecule has 3 heterocycles. The van der Waals surface area contributed by atoms with Gasteiger partial charge in [0.2, 0.25) is 0 Å². The quantitative estimate of drug-likeness (QED) is 0.729. The predicted octanol–water partition coefficient (Wildman–Crippen LogP) is 2.05. The first-order valence-corrected chi connectivity index (χ1v) is 8.05. The summed E-state index contributed by atoms with van der Waals surface area (Å²) in [4.78, 5) is 5.50. The van der Waals surface area contributed by atoms with Crippen LogP contribution in [-0.2, 0) is 0 Å². The average Bonchev–Trinajstić information content (AvgIpc) is 2.88. The lowest BCUT2D eigenvalue weighted by molar-refractivity contribution is 0.220. The smallest absolute Gasteiger partial charge is 0.0223 e. The van der Waals surface area contributed by atoms with E-state index in [4.69, 9.17) is 0 Å². The highest BCUT2D eigenvalue weighted by molar-refractivity contribution is 8.00. The molecule has 3 rings (SSSR count). The molecule has 2 atom stereocenters. The van der Waals surface area contributed by atoms with Crippen LogP contribution in [0, 0.1) is 0 Å². The summed E-state index contributed by atoms with van der Waals surface area (Å²) in [5, 5.41) is 0.952. The van der Waals surface area contributed by atoms with Gasteiger partial charge in [0.05, 0.1) is 0 Å². The van der Waals surface area contributed by atoms with Gasteiger partial charge in [-0.05, 0) is 57.5 Å². The van der Waals surface area contributed by atoms with Gasteiger partial charge in [-0.15, -0.1) is 0 Å². The van der Waals surface area contributed by atoms with Crippen molar-refractivity contribution in [1.82, 2.24) is 9.80 Å². The molecule has 3 fully saturated rings. The van der Waals surface area contributed by atoms with E-state index in [0.29, 0.717) is 0 Å². The van der Waals surface area contributed by atoms with Crippen molar-refractivity contribution >= 4 is 11.8 Å². The summed E-state index contributed by atoms with van der Waals surface area (Å²) in [5.41, 5.74) is 0. The van der Waals surface area contributed by atoms with Crippen molar-refractivity contribution in [3.8, 4) is 0 Å². The third-order valence-electron chi connectivity index (χ3n) is 4.37. The van der Waals surface area contributed by atoms with Gasteiger partial charge in [0.15, 0.2) is 0 Å². The fourth-order valence-electron chi connectivity index (χ4n) is 3.53. The molecule has 0 aromatic carbocycles. The van der Waals surface area contributed by atoms with Crippen molar-refractivity contribution < 1.29 is 0 Å². The van der Waals surface area contributed by atoms with E-state index in [1.54, 1.807) is 0 Å². The molecule has 92 valence electrons. The number of thioether (sulfide) groups is 1. The van der Waals surface area contributed by atoms with Gasteiger partial charge in [0.25, 0.3) is 0 Å². The largest absolute Gasteiger partial charge is 0.301 e. The molecule has 0 amide bonds. The Kier molecular flexibility index (Phi) is 3.75. The molecule has 0 saturated carbocycles. The molecule has 3 heteroatoms. The highest BCUT2D eigenvalue weighted by Crippen LogP contribution is 2.28. The van der Waals surface area contributed by atoms with E-state index in [0.717, 1.165) is 11.3 Å². The van der Waals surface area contributed by atoms with Crippen LogP contribution in [0.3, 0.4) is 0 Å². The van der Waals surface area contributed by atoms with Gasteiger partial charge in [-0.25, -0.2) is 0 Å². The molecule has 0 spiro atoms. The van der Waals surface area contributed by atoms with E-state index in [-0.39, 0.29) is 0 Å². The fraction of sp³-hybridized carbons (Fsp3) is 1.00. The van der Waals surface area contributed by atoms with Gasteiger partial charge in [0.1, 0.15) is 0 Å². The number of nitrogens with zero attached hydrogens (tertiary/aromatic N) is 2. The van der Waals surface area contributed by atoms with Crippen LogP contribution in [0.25, 0.3) is 0 Å². The molecular formula is C13H24N2S. The molecule has 0 aromatic rings. The molecule has 2 nitrogen and oxygen atoms in total. The van der Waals surface area contributed by atoms with Gasteiger partial charge in [0, 0.05) is 24.4 Å². The maximum absolute atomic E-state index is 2.76. The summed E-state index contributed by atoms with van der Waals surface area (Å²) in [6, 6.07) is 0.897. The lowest BCUT2D eigenvalue weighted by Crippen LogP contribution is -2.38. The van der Waals surface area contributed by atoms with Crippen molar-refractivity contribution in [2.24, 2.45) is 0 Å². The summed E-state index contributed by atoms with van der Waals surface area (Å²) >= 11 is 2.21. The Balaban J connectivity index is 1.54. The van der Waals surface area contributed by atoms with E-state index in [1.807, 2.05) is 0 Å². The number of rotatable bonds is 2. The fourth-order valence-corrected chi connectivity index (χ4v) is 4.84. The minimum atomic E-state index is 0.897. The summed E-state index contributed by atoms with van der Waals surface area (Å²) in [6.07, 6.45) is 7.22. The molecule has 3 aliphatic heterocycles. The molecule has 0 bridgehead atoms. The molecule has 0 radical (unpaired) electrons. The second-order valence-corrected chi connectivity index (χ2v) is 6.99. The topological polar surface area (TPSA) is 6.48 Å². The van der Waals surface area contributed by atoms with Crippen LogP contribution in [0.4, 0.5) is 0 Å². The maximum atomic E-state index is 2.76. The number of hydrogen-bond acceptors (Lipinski definition) is 3. The number of hydrogen-bond donors (Lipinski definition) is 0. The van der Waals surface area contributed by atoms with Crippen LogP contribution in [0.15, 0.2) is 0 Å². The zero-order valence-corrected chi connectivity index (χ0v) is 11.1. The molecule has 3 saturated heterocycles. The monoisotopic (exact) mass is 240 g/mol. The highest BCUT2D eigenvalue weighted by atomic mass is 32.2. The van der Waals surface area contributed by atoms with Gasteiger partial charge in [-0.2, -0.15) is 11.8 Å². The van der Waals surface area contributed by atoms with Gasteiger partial charge < -0.3 is 4.90 Å². The summed E-state index contributed by atoms with van der Waals surface area (Å²) in [6.45, 7) is 6.81. The Morgan fingerprint density at radius 1 is 1.00 bits per heavy atom. The third kappa shape index (κ3) is 2.57. The molecule has 0 aromatic heterocycles. The molecule has 2 unspecified atom stereocenters. The standard InChI is InChI=1S/C13H24N2S/c1-4-12-10-14(6-3-8-15(12)7-1)11-13-5-2-9-16-13/h12-13H,1-11H2. The number of fused-ring (bicyclic) bond motifs is 1. The van der Waals surface area contributed by atoms with Crippen molar-refractivity contribution in [3.63, 3.8) is 0 Å². The van der Waals surface area contributed by atoms with Gasteiger partial charge in [-0.3, -0.25) is 4.90 Å². The van der Waals surface area contributed by atoms with Crippen molar-refractivity contribution in [2.75, 3.05) is 38.5 Å². The Morgan fingerprint density at radius 2 is 1.94 bits per heavy atom. The van der Waals surface area contributed by atoms with E-state index < -0.39 is 0 Å². The SMILES string of the molecule is C1CSC(CN2CCCN3CCCC3C2)C1. The Morgan fingerprint density at radius 3 is 2.81 bits per heavy atom. The third-order valence-corrected chi connectivity index (χ3v) is 5.75. The second-order valence-electron chi connectivity index (χ2n) is 5.58. The molecular weight excluding hydrogens is 216 g/mol. The minimum Gasteiger partial charge on any atom is -0.301 e. The van der Waals surface area contributed by atoms with E-state index in [2.05, 4.69) is 21.6 Å². The minimum absolute atomic E-state index is 0.897. The zero-order valence-electron chi connectivity index (χ0n) is 10.2. The molecule has 0 N–H and O–H groups in total. The molecule has 16 heavy (non-hydrogen) atoms. The molecule has 0 aliphatic carbocycles. The van der Waals surface area contributed by atoms with Crippen molar-refractivity contribution in [1.29, 1.82) is 0 Å². The lowest BCUT2D eigenvalue weighted by atomic mass is 10.2. The van der Waals surface area contributed by atoms with E-state index in [9.17, 15) is 0 Å². The average molecular weight is 240 g/mol. The zero-order chi connectivity index (χ0) is 10.8. The molecule has 3 aliphatic rings.